The van der Waals surface area contributed by atoms with E-state index >= 15 is 0 Å². The summed E-state index contributed by atoms with van der Waals surface area (Å²) in [5.41, 5.74) is 3.29. The highest BCUT2D eigenvalue weighted by atomic mass is 16.6. The highest BCUT2D eigenvalue weighted by molar-refractivity contribution is 5.25. The molecule has 0 amide bonds. The zero-order valence-corrected chi connectivity index (χ0v) is 10.8. The molecule has 4 nitrogen and oxygen atoms in total. The van der Waals surface area contributed by atoms with Gasteiger partial charge in [-0.3, -0.25) is 4.98 Å². The Kier molecular flexibility index (Phi) is 4.10. The minimum Gasteiger partial charge on any atom is -0.376 e. The highest BCUT2D eigenvalue weighted by Crippen LogP contribution is 2.24. The summed E-state index contributed by atoms with van der Waals surface area (Å²) in [4.78, 5) is 6.73. The Balaban J connectivity index is 2.24. The fraction of sp³-hybridized carbons (Fsp3) is 0.615. The number of nitrogens with zero attached hydrogens (tertiary/aromatic N) is 2. The van der Waals surface area contributed by atoms with Crippen LogP contribution in [0.4, 0.5) is 0 Å². The number of hydrogen-bond acceptors (Lipinski definition) is 4. The fourth-order valence-electron chi connectivity index (χ4n) is 2.01. The summed E-state index contributed by atoms with van der Waals surface area (Å²) in [5, 5.41) is 0. The Morgan fingerprint density at radius 1 is 1.35 bits per heavy atom. The topological polar surface area (TPSA) is 34.6 Å². The quantitative estimate of drug-likeness (QED) is 0.797. The number of aryl methyl sites for hydroxylation is 1. The van der Waals surface area contributed by atoms with E-state index in [4.69, 9.17) is 9.47 Å². The molecule has 4 heteroatoms. The number of pyridine rings is 1. The molecule has 0 spiro atoms. The Bertz CT molecular complexity index is 374. The van der Waals surface area contributed by atoms with Crippen LogP contribution in [-0.2, 0) is 16.0 Å². The first-order valence-electron chi connectivity index (χ1n) is 5.97. The molecule has 0 unspecified atom stereocenters. The summed E-state index contributed by atoms with van der Waals surface area (Å²) in [6, 6.07) is 4.15. The van der Waals surface area contributed by atoms with E-state index in [1.54, 1.807) is 0 Å². The average Bonchev–Trinajstić information content (AvgIpc) is 2.29. The Morgan fingerprint density at radius 2 is 2.18 bits per heavy atom. The number of rotatable bonds is 3. The molecule has 1 aromatic rings. The van der Waals surface area contributed by atoms with Gasteiger partial charge in [-0.15, -0.1) is 0 Å². The molecule has 0 aromatic carbocycles. The lowest BCUT2D eigenvalue weighted by molar-refractivity contribution is -0.0907. The largest absolute Gasteiger partial charge is 0.376 e. The molecular formula is C13H20N2O2. The van der Waals surface area contributed by atoms with E-state index < -0.39 is 0 Å². The van der Waals surface area contributed by atoms with Gasteiger partial charge >= 0.3 is 0 Å². The second-order valence-corrected chi connectivity index (χ2v) is 4.66. The van der Waals surface area contributed by atoms with Gasteiger partial charge in [0.15, 0.2) is 0 Å². The molecule has 1 saturated heterocycles. The van der Waals surface area contributed by atoms with Gasteiger partial charge in [0.1, 0.15) is 6.10 Å². The third kappa shape index (κ3) is 3.25. The van der Waals surface area contributed by atoms with Crippen molar-refractivity contribution in [2.24, 2.45) is 0 Å². The lowest BCUT2D eigenvalue weighted by atomic mass is 10.1. The second-order valence-electron chi connectivity index (χ2n) is 4.66. The van der Waals surface area contributed by atoms with Gasteiger partial charge in [0.25, 0.3) is 0 Å². The summed E-state index contributed by atoms with van der Waals surface area (Å²) in [5.74, 6) is 0. The van der Waals surface area contributed by atoms with Gasteiger partial charge in [-0.25, -0.2) is 0 Å². The van der Waals surface area contributed by atoms with Gasteiger partial charge in [-0.2, -0.15) is 0 Å². The SMILES string of the molecule is Cc1ccc([C@@H]2COCCO2)c(CN(C)C)n1. The van der Waals surface area contributed by atoms with Crippen molar-refractivity contribution in [2.75, 3.05) is 33.9 Å². The zero-order chi connectivity index (χ0) is 12.3. The lowest BCUT2D eigenvalue weighted by Crippen LogP contribution is -2.24. The molecule has 2 rings (SSSR count). The molecule has 0 radical (unpaired) electrons. The molecule has 1 aromatic heterocycles. The van der Waals surface area contributed by atoms with Crippen molar-refractivity contribution in [3.63, 3.8) is 0 Å². The molecule has 0 N–H and O–H groups in total. The van der Waals surface area contributed by atoms with Crippen LogP contribution in [0.5, 0.6) is 0 Å². The first-order valence-corrected chi connectivity index (χ1v) is 5.97. The van der Waals surface area contributed by atoms with Crippen molar-refractivity contribution in [3.8, 4) is 0 Å². The number of ether oxygens (including phenoxy) is 2. The molecule has 94 valence electrons. The normalized spacial score (nSPS) is 20.8. The van der Waals surface area contributed by atoms with E-state index in [-0.39, 0.29) is 6.10 Å². The maximum atomic E-state index is 5.74. The first kappa shape index (κ1) is 12.5. The molecule has 1 aliphatic rings. The maximum Gasteiger partial charge on any atom is 0.108 e. The van der Waals surface area contributed by atoms with Crippen molar-refractivity contribution < 1.29 is 9.47 Å². The molecule has 17 heavy (non-hydrogen) atoms. The van der Waals surface area contributed by atoms with Crippen LogP contribution in [0.15, 0.2) is 12.1 Å². The smallest absolute Gasteiger partial charge is 0.108 e. The van der Waals surface area contributed by atoms with Crippen LogP contribution in [0.25, 0.3) is 0 Å². The second kappa shape index (κ2) is 5.58. The van der Waals surface area contributed by atoms with Crippen LogP contribution >= 0.6 is 0 Å². The highest BCUT2D eigenvalue weighted by Gasteiger charge is 2.20. The van der Waals surface area contributed by atoms with Gasteiger partial charge < -0.3 is 14.4 Å². The Hall–Kier alpha value is -0.970. The van der Waals surface area contributed by atoms with Crippen LogP contribution in [0.2, 0.25) is 0 Å². The number of aromatic nitrogens is 1. The standard InChI is InChI=1S/C13H20N2O2/c1-10-4-5-11(12(14-10)8-15(2)3)13-9-16-6-7-17-13/h4-5,13H,6-9H2,1-3H3/t13-/m0/s1. The van der Waals surface area contributed by atoms with Crippen LogP contribution in [0, 0.1) is 6.92 Å². The van der Waals surface area contributed by atoms with Gasteiger partial charge in [0.05, 0.1) is 25.5 Å². The minimum absolute atomic E-state index is 0.0341. The molecule has 1 fully saturated rings. The van der Waals surface area contributed by atoms with E-state index in [1.165, 1.54) is 0 Å². The predicted octanol–water partition coefficient (Wildman–Crippen LogP) is 1.54. The lowest BCUT2D eigenvalue weighted by Gasteiger charge is -2.25. The maximum absolute atomic E-state index is 5.74. The Labute approximate surface area is 103 Å². The number of hydrogen-bond donors (Lipinski definition) is 0. The molecule has 0 aliphatic carbocycles. The summed E-state index contributed by atoms with van der Waals surface area (Å²) in [6.07, 6.45) is 0.0341. The summed E-state index contributed by atoms with van der Waals surface area (Å²) in [7, 11) is 4.10. The molecule has 1 aliphatic heterocycles. The molecule has 1 atom stereocenters. The summed E-state index contributed by atoms with van der Waals surface area (Å²) < 4.78 is 11.2. The van der Waals surface area contributed by atoms with Gasteiger partial charge in [0.2, 0.25) is 0 Å². The molecular weight excluding hydrogens is 216 g/mol. The van der Waals surface area contributed by atoms with Crippen molar-refractivity contribution in [2.45, 2.75) is 19.6 Å². The fourth-order valence-corrected chi connectivity index (χ4v) is 2.01. The van der Waals surface area contributed by atoms with Crippen molar-refractivity contribution >= 4 is 0 Å². The van der Waals surface area contributed by atoms with E-state index in [9.17, 15) is 0 Å². The average molecular weight is 236 g/mol. The first-order chi connectivity index (χ1) is 8.16. The zero-order valence-electron chi connectivity index (χ0n) is 10.8. The third-order valence-electron chi connectivity index (χ3n) is 2.78. The van der Waals surface area contributed by atoms with Crippen molar-refractivity contribution in [3.05, 3.63) is 29.1 Å². The van der Waals surface area contributed by atoms with E-state index in [0.29, 0.717) is 19.8 Å². The van der Waals surface area contributed by atoms with Crippen LogP contribution in [-0.4, -0.2) is 43.8 Å². The predicted molar refractivity (Wildman–Crippen MR) is 65.9 cm³/mol. The van der Waals surface area contributed by atoms with E-state index in [1.807, 2.05) is 27.1 Å². The molecule has 2 heterocycles. The summed E-state index contributed by atoms with van der Waals surface area (Å²) in [6.45, 7) is 4.84. The monoisotopic (exact) mass is 236 g/mol. The van der Waals surface area contributed by atoms with Crippen LogP contribution in [0.1, 0.15) is 23.1 Å². The van der Waals surface area contributed by atoms with Gasteiger partial charge in [-0.1, -0.05) is 6.07 Å². The molecule has 0 bridgehead atoms. The van der Waals surface area contributed by atoms with Crippen molar-refractivity contribution in [1.29, 1.82) is 0 Å². The molecule has 0 saturated carbocycles. The summed E-state index contributed by atoms with van der Waals surface area (Å²) >= 11 is 0. The van der Waals surface area contributed by atoms with Gasteiger partial charge in [-0.05, 0) is 27.1 Å². The Morgan fingerprint density at radius 3 is 2.82 bits per heavy atom. The van der Waals surface area contributed by atoms with E-state index in [0.717, 1.165) is 23.5 Å². The van der Waals surface area contributed by atoms with Crippen LogP contribution < -0.4 is 0 Å². The van der Waals surface area contributed by atoms with E-state index in [2.05, 4.69) is 16.0 Å². The minimum atomic E-state index is 0.0341. The van der Waals surface area contributed by atoms with Gasteiger partial charge in [0, 0.05) is 17.8 Å². The van der Waals surface area contributed by atoms with Crippen molar-refractivity contribution in [1.82, 2.24) is 9.88 Å². The van der Waals surface area contributed by atoms with Crippen LogP contribution in [0.3, 0.4) is 0 Å². The third-order valence-corrected chi connectivity index (χ3v) is 2.78.